The molecule has 7 heteroatoms. The van der Waals surface area contributed by atoms with E-state index in [0.717, 1.165) is 12.8 Å². The Kier molecular flexibility index (Phi) is 4.97. The quantitative estimate of drug-likeness (QED) is 0.832. The summed E-state index contributed by atoms with van der Waals surface area (Å²) in [6.07, 6.45) is 2.89. The van der Waals surface area contributed by atoms with Gasteiger partial charge in [0.25, 0.3) is 0 Å². The third-order valence-electron chi connectivity index (χ3n) is 3.05. The highest BCUT2D eigenvalue weighted by atomic mass is 16.6. The highest BCUT2D eigenvalue weighted by molar-refractivity contribution is 5.67. The van der Waals surface area contributed by atoms with Gasteiger partial charge in [-0.25, -0.2) is 9.78 Å². The minimum absolute atomic E-state index is 0.0419. The molecule has 1 aromatic heterocycles. The second kappa shape index (κ2) is 6.93. The van der Waals surface area contributed by atoms with Crippen LogP contribution in [0.5, 0.6) is 11.9 Å². The minimum atomic E-state index is -0.255. The number of rotatable bonds is 4. The molecule has 1 aliphatic heterocycles. The van der Waals surface area contributed by atoms with Crippen molar-refractivity contribution in [2.24, 2.45) is 0 Å². The van der Waals surface area contributed by atoms with E-state index in [4.69, 9.17) is 14.2 Å². The van der Waals surface area contributed by atoms with Crippen LogP contribution in [-0.4, -0.2) is 53.9 Å². The summed E-state index contributed by atoms with van der Waals surface area (Å²) in [5.41, 5.74) is 0. The first kappa shape index (κ1) is 14.4. The van der Waals surface area contributed by atoms with Crippen molar-refractivity contribution < 1.29 is 19.0 Å². The van der Waals surface area contributed by atoms with Crippen LogP contribution in [0.25, 0.3) is 0 Å². The molecule has 2 rings (SSSR count). The summed E-state index contributed by atoms with van der Waals surface area (Å²) in [6.45, 7) is 3.46. The van der Waals surface area contributed by atoms with Crippen molar-refractivity contribution in [3.8, 4) is 11.9 Å². The topological polar surface area (TPSA) is 73.8 Å². The molecule has 7 nitrogen and oxygen atoms in total. The smallest absolute Gasteiger partial charge is 0.409 e. The summed E-state index contributed by atoms with van der Waals surface area (Å²) in [4.78, 5) is 21.3. The maximum absolute atomic E-state index is 11.6. The Morgan fingerprint density at radius 2 is 2.20 bits per heavy atom. The van der Waals surface area contributed by atoms with Crippen LogP contribution in [0.3, 0.4) is 0 Å². The molecule has 0 N–H and O–H groups in total. The molecule has 1 aromatic rings. The van der Waals surface area contributed by atoms with Crippen molar-refractivity contribution in [3.05, 3.63) is 12.3 Å². The minimum Gasteiger partial charge on any atom is -0.474 e. The number of methoxy groups -OCH3 is 1. The van der Waals surface area contributed by atoms with Crippen LogP contribution >= 0.6 is 0 Å². The monoisotopic (exact) mass is 281 g/mol. The number of carbonyl (C=O) groups excluding carboxylic acids is 1. The van der Waals surface area contributed by atoms with Crippen LogP contribution in [-0.2, 0) is 4.74 Å². The lowest BCUT2D eigenvalue weighted by molar-refractivity contribution is 0.0685. The zero-order valence-electron chi connectivity index (χ0n) is 11.7. The van der Waals surface area contributed by atoms with Gasteiger partial charge in [-0.2, -0.15) is 4.98 Å². The van der Waals surface area contributed by atoms with Crippen LogP contribution < -0.4 is 9.47 Å². The van der Waals surface area contributed by atoms with Crippen LogP contribution in [0.4, 0.5) is 4.79 Å². The summed E-state index contributed by atoms with van der Waals surface area (Å²) >= 11 is 0. The molecule has 1 saturated heterocycles. The maximum Gasteiger partial charge on any atom is 0.409 e. The van der Waals surface area contributed by atoms with Gasteiger partial charge in [0.1, 0.15) is 6.10 Å². The standard InChI is InChI=1S/C13H19N3O4/c1-3-19-13(17)16-8-5-10(6-9-16)20-11-4-7-14-12(15-11)18-2/h4,7,10H,3,5-6,8-9H2,1-2H3. The Bertz CT molecular complexity index is 447. The van der Waals surface area contributed by atoms with E-state index in [0.29, 0.717) is 25.6 Å². The first-order chi connectivity index (χ1) is 9.72. The van der Waals surface area contributed by atoms with E-state index in [2.05, 4.69) is 9.97 Å². The number of piperidine rings is 1. The van der Waals surface area contributed by atoms with E-state index in [1.54, 1.807) is 24.1 Å². The number of hydrogen-bond donors (Lipinski definition) is 0. The zero-order chi connectivity index (χ0) is 14.4. The van der Waals surface area contributed by atoms with Gasteiger partial charge in [-0.15, -0.1) is 0 Å². The summed E-state index contributed by atoms with van der Waals surface area (Å²) in [5, 5.41) is 0. The van der Waals surface area contributed by atoms with Crippen molar-refractivity contribution in [2.45, 2.75) is 25.9 Å². The van der Waals surface area contributed by atoms with Crippen molar-refractivity contribution in [1.82, 2.24) is 14.9 Å². The summed E-state index contributed by atoms with van der Waals surface area (Å²) in [5.74, 6) is 0.492. The highest BCUT2D eigenvalue weighted by Crippen LogP contribution is 2.18. The van der Waals surface area contributed by atoms with Crippen molar-refractivity contribution in [1.29, 1.82) is 0 Å². The average molecular weight is 281 g/mol. The van der Waals surface area contributed by atoms with Gasteiger partial charge in [0.05, 0.1) is 13.7 Å². The SMILES string of the molecule is CCOC(=O)N1CCC(Oc2ccnc(OC)n2)CC1. The van der Waals surface area contributed by atoms with Crippen molar-refractivity contribution in [2.75, 3.05) is 26.8 Å². The van der Waals surface area contributed by atoms with Gasteiger partial charge in [-0.3, -0.25) is 0 Å². The number of ether oxygens (including phenoxy) is 3. The van der Waals surface area contributed by atoms with Crippen LogP contribution in [0.2, 0.25) is 0 Å². The lowest BCUT2D eigenvalue weighted by atomic mass is 10.1. The maximum atomic E-state index is 11.6. The molecule has 1 fully saturated rings. The fraction of sp³-hybridized carbons (Fsp3) is 0.615. The van der Waals surface area contributed by atoms with Crippen molar-refractivity contribution in [3.63, 3.8) is 0 Å². The number of nitrogens with zero attached hydrogens (tertiary/aromatic N) is 3. The Morgan fingerprint density at radius 1 is 1.45 bits per heavy atom. The third-order valence-corrected chi connectivity index (χ3v) is 3.05. The fourth-order valence-electron chi connectivity index (χ4n) is 2.03. The highest BCUT2D eigenvalue weighted by Gasteiger charge is 2.24. The summed E-state index contributed by atoms with van der Waals surface area (Å²) in [7, 11) is 1.51. The fourth-order valence-corrected chi connectivity index (χ4v) is 2.03. The molecule has 20 heavy (non-hydrogen) atoms. The van der Waals surface area contributed by atoms with E-state index in [9.17, 15) is 4.79 Å². The first-order valence-electron chi connectivity index (χ1n) is 6.68. The van der Waals surface area contributed by atoms with E-state index in [-0.39, 0.29) is 18.2 Å². The van der Waals surface area contributed by atoms with E-state index < -0.39 is 0 Å². The molecule has 110 valence electrons. The average Bonchev–Trinajstić information content (AvgIpc) is 2.48. The molecule has 0 aliphatic carbocycles. The van der Waals surface area contributed by atoms with Gasteiger partial charge < -0.3 is 19.1 Å². The van der Waals surface area contributed by atoms with Gasteiger partial charge in [0, 0.05) is 38.2 Å². The van der Waals surface area contributed by atoms with Crippen LogP contribution in [0.1, 0.15) is 19.8 Å². The van der Waals surface area contributed by atoms with Crippen LogP contribution in [0.15, 0.2) is 12.3 Å². The van der Waals surface area contributed by atoms with Crippen LogP contribution in [0, 0.1) is 0 Å². The molecular weight excluding hydrogens is 262 g/mol. The third kappa shape index (κ3) is 3.72. The Morgan fingerprint density at radius 3 is 2.85 bits per heavy atom. The van der Waals surface area contributed by atoms with Gasteiger partial charge in [-0.05, 0) is 6.92 Å². The van der Waals surface area contributed by atoms with Gasteiger partial charge in [-0.1, -0.05) is 0 Å². The molecular formula is C13H19N3O4. The number of aromatic nitrogens is 2. The number of likely N-dealkylation sites (tertiary alicyclic amines) is 1. The first-order valence-corrected chi connectivity index (χ1v) is 6.68. The van der Waals surface area contributed by atoms with Gasteiger partial charge >= 0.3 is 12.1 Å². The zero-order valence-corrected chi connectivity index (χ0v) is 11.7. The molecule has 2 heterocycles. The number of amides is 1. The van der Waals surface area contributed by atoms with Crippen molar-refractivity contribution >= 4 is 6.09 Å². The molecule has 0 aromatic carbocycles. The Hall–Kier alpha value is -2.05. The molecule has 1 amide bonds. The normalized spacial score (nSPS) is 15.8. The predicted molar refractivity (Wildman–Crippen MR) is 70.8 cm³/mol. The number of carbonyl (C=O) groups is 1. The second-order valence-electron chi connectivity index (χ2n) is 4.38. The lowest BCUT2D eigenvalue weighted by Gasteiger charge is -2.31. The molecule has 0 spiro atoms. The summed E-state index contributed by atoms with van der Waals surface area (Å²) < 4.78 is 15.7. The predicted octanol–water partition coefficient (Wildman–Crippen LogP) is 1.48. The molecule has 0 atom stereocenters. The second-order valence-corrected chi connectivity index (χ2v) is 4.38. The molecule has 0 bridgehead atoms. The van der Waals surface area contributed by atoms with Gasteiger partial charge in [0.15, 0.2) is 0 Å². The van der Waals surface area contributed by atoms with Gasteiger partial charge in [0.2, 0.25) is 5.88 Å². The lowest BCUT2D eigenvalue weighted by Crippen LogP contribution is -2.42. The molecule has 0 unspecified atom stereocenters. The molecule has 0 radical (unpaired) electrons. The Balaban J connectivity index is 1.83. The number of hydrogen-bond acceptors (Lipinski definition) is 6. The van der Waals surface area contributed by atoms with E-state index in [1.807, 2.05) is 0 Å². The summed E-state index contributed by atoms with van der Waals surface area (Å²) in [6, 6.07) is 1.98. The van der Waals surface area contributed by atoms with E-state index >= 15 is 0 Å². The molecule has 1 aliphatic rings. The molecule has 0 saturated carbocycles. The largest absolute Gasteiger partial charge is 0.474 e. The Labute approximate surface area is 117 Å². The van der Waals surface area contributed by atoms with E-state index in [1.165, 1.54) is 7.11 Å².